The van der Waals surface area contributed by atoms with Crippen LogP contribution in [0.5, 0.6) is 0 Å². The number of unbranched alkanes of at least 4 members (excludes halogenated alkanes) is 3. The van der Waals surface area contributed by atoms with Gasteiger partial charge in [0.2, 0.25) is 0 Å². The summed E-state index contributed by atoms with van der Waals surface area (Å²) in [5.74, 6) is 1.84. The molecule has 0 aromatic carbocycles. The number of hydrogen-bond donors (Lipinski definition) is 0. The lowest BCUT2D eigenvalue weighted by Gasteiger charge is -2.21. The van der Waals surface area contributed by atoms with Crippen LogP contribution in [0.1, 0.15) is 39.5 Å². The topological polar surface area (TPSA) is 29.5 Å². The number of rotatable bonds is 7. The van der Waals surface area contributed by atoms with Crippen molar-refractivity contribution in [3.05, 3.63) is 0 Å². The van der Waals surface area contributed by atoms with Crippen LogP contribution in [0.2, 0.25) is 0 Å². The van der Waals surface area contributed by atoms with Gasteiger partial charge in [0.05, 0.1) is 6.61 Å². The number of hydrogen-bond acceptors (Lipinski definition) is 4. The van der Waals surface area contributed by atoms with E-state index in [0.29, 0.717) is 6.61 Å². The van der Waals surface area contributed by atoms with E-state index in [1.165, 1.54) is 25.7 Å². The van der Waals surface area contributed by atoms with Gasteiger partial charge in [0.25, 0.3) is 0 Å². The number of esters is 1. The molecule has 0 spiro atoms. The van der Waals surface area contributed by atoms with E-state index in [2.05, 4.69) is 11.8 Å². The van der Waals surface area contributed by atoms with Crippen molar-refractivity contribution in [3.8, 4) is 0 Å². The minimum atomic E-state index is -0.0389. The zero-order chi connectivity index (χ0) is 11.8. The van der Waals surface area contributed by atoms with Gasteiger partial charge in [0, 0.05) is 11.6 Å². The number of thioether (sulfide) groups is 1. The van der Waals surface area contributed by atoms with E-state index >= 15 is 0 Å². The molecule has 0 aromatic rings. The third-order valence-electron chi connectivity index (χ3n) is 2.83. The van der Waals surface area contributed by atoms with Gasteiger partial charge in [-0.15, -0.1) is 11.8 Å². The second-order valence-electron chi connectivity index (χ2n) is 4.14. The molecular formula is C12H23NO2S. The van der Waals surface area contributed by atoms with Crippen LogP contribution in [0.3, 0.4) is 0 Å². The lowest BCUT2D eigenvalue weighted by Crippen LogP contribution is -2.39. The molecule has 1 fully saturated rings. The first-order valence-corrected chi connectivity index (χ1v) is 7.43. The maximum Gasteiger partial charge on any atom is 0.324 e. The summed E-state index contributed by atoms with van der Waals surface area (Å²) in [6, 6.07) is 0.00609. The van der Waals surface area contributed by atoms with E-state index in [0.717, 1.165) is 18.2 Å². The highest BCUT2D eigenvalue weighted by Crippen LogP contribution is 2.22. The van der Waals surface area contributed by atoms with Crippen LogP contribution < -0.4 is 0 Å². The Morgan fingerprint density at radius 1 is 1.38 bits per heavy atom. The summed E-state index contributed by atoms with van der Waals surface area (Å²) in [6.45, 7) is 5.61. The fourth-order valence-corrected chi connectivity index (χ4v) is 3.11. The molecule has 1 aliphatic rings. The van der Waals surface area contributed by atoms with E-state index in [1.54, 1.807) is 0 Å². The molecule has 0 bridgehead atoms. The van der Waals surface area contributed by atoms with Gasteiger partial charge in [0.15, 0.2) is 0 Å². The van der Waals surface area contributed by atoms with Crippen molar-refractivity contribution in [2.24, 2.45) is 0 Å². The molecule has 1 heterocycles. The first-order chi connectivity index (χ1) is 7.79. The summed E-state index contributed by atoms with van der Waals surface area (Å²) in [5, 5.41) is 0. The fourth-order valence-electron chi connectivity index (χ4n) is 1.89. The average Bonchev–Trinajstić information content (AvgIpc) is 2.73. The second kappa shape index (κ2) is 7.96. The van der Waals surface area contributed by atoms with Crippen molar-refractivity contribution in [2.75, 3.05) is 24.8 Å². The Morgan fingerprint density at radius 2 is 2.19 bits per heavy atom. The molecule has 3 nitrogen and oxygen atoms in total. The minimum absolute atomic E-state index is 0.00609. The van der Waals surface area contributed by atoms with Crippen LogP contribution in [0.4, 0.5) is 0 Å². The Labute approximate surface area is 103 Å². The minimum Gasteiger partial charge on any atom is -0.465 e. The molecule has 1 aliphatic heterocycles. The highest BCUT2D eigenvalue weighted by Gasteiger charge is 2.31. The maximum absolute atomic E-state index is 11.7. The van der Waals surface area contributed by atoms with Crippen molar-refractivity contribution in [2.45, 2.75) is 45.6 Å². The van der Waals surface area contributed by atoms with Crippen LogP contribution in [-0.4, -0.2) is 41.7 Å². The van der Waals surface area contributed by atoms with E-state index in [-0.39, 0.29) is 12.0 Å². The highest BCUT2D eigenvalue weighted by atomic mass is 32.2. The summed E-state index contributed by atoms with van der Waals surface area (Å²) >= 11 is 1.83. The summed E-state index contributed by atoms with van der Waals surface area (Å²) in [4.78, 5) is 13.9. The summed E-state index contributed by atoms with van der Waals surface area (Å²) < 4.78 is 5.09. The zero-order valence-electron chi connectivity index (χ0n) is 10.4. The molecule has 1 saturated heterocycles. The van der Waals surface area contributed by atoms with Gasteiger partial charge in [-0.3, -0.25) is 9.69 Å². The Kier molecular flexibility index (Phi) is 6.88. The number of ether oxygens (including phenoxy) is 1. The quantitative estimate of drug-likeness (QED) is 0.509. The predicted molar refractivity (Wildman–Crippen MR) is 68.6 cm³/mol. The van der Waals surface area contributed by atoms with Gasteiger partial charge in [-0.1, -0.05) is 26.2 Å². The van der Waals surface area contributed by atoms with E-state index < -0.39 is 0 Å². The predicted octanol–water partition coefficient (Wildman–Crippen LogP) is 2.50. The van der Waals surface area contributed by atoms with Crippen LogP contribution in [0.15, 0.2) is 0 Å². The number of carbonyl (C=O) groups excluding carboxylic acids is 1. The molecule has 1 atom stereocenters. The SMILES string of the molecule is CCCCCCN1CSCC1C(=O)OCC. The van der Waals surface area contributed by atoms with Crippen LogP contribution in [-0.2, 0) is 9.53 Å². The number of carbonyl (C=O) groups is 1. The molecular weight excluding hydrogens is 222 g/mol. The summed E-state index contributed by atoms with van der Waals surface area (Å²) in [6.07, 6.45) is 5.03. The molecule has 16 heavy (non-hydrogen) atoms. The van der Waals surface area contributed by atoms with Crippen molar-refractivity contribution >= 4 is 17.7 Å². The van der Waals surface area contributed by atoms with Crippen LogP contribution in [0, 0.1) is 0 Å². The second-order valence-corrected chi connectivity index (χ2v) is 5.14. The van der Waals surface area contributed by atoms with Gasteiger partial charge in [-0.25, -0.2) is 0 Å². The molecule has 1 rings (SSSR count). The van der Waals surface area contributed by atoms with E-state index in [9.17, 15) is 4.79 Å². The highest BCUT2D eigenvalue weighted by molar-refractivity contribution is 7.99. The lowest BCUT2D eigenvalue weighted by atomic mass is 10.2. The van der Waals surface area contributed by atoms with Gasteiger partial charge in [-0.05, 0) is 19.9 Å². The molecule has 0 aromatic heterocycles. The van der Waals surface area contributed by atoms with Crippen molar-refractivity contribution < 1.29 is 9.53 Å². The van der Waals surface area contributed by atoms with Gasteiger partial charge >= 0.3 is 5.97 Å². The number of nitrogens with zero attached hydrogens (tertiary/aromatic N) is 1. The zero-order valence-corrected chi connectivity index (χ0v) is 11.2. The van der Waals surface area contributed by atoms with Crippen molar-refractivity contribution in [3.63, 3.8) is 0 Å². The average molecular weight is 245 g/mol. The van der Waals surface area contributed by atoms with Crippen LogP contribution >= 0.6 is 11.8 Å². The first kappa shape index (κ1) is 13.8. The molecule has 0 aliphatic carbocycles. The van der Waals surface area contributed by atoms with Crippen molar-refractivity contribution in [1.29, 1.82) is 0 Å². The Balaban J connectivity index is 2.26. The first-order valence-electron chi connectivity index (χ1n) is 6.28. The third-order valence-corrected chi connectivity index (χ3v) is 3.90. The molecule has 4 heteroatoms. The van der Waals surface area contributed by atoms with Gasteiger partial charge in [0.1, 0.15) is 6.04 Å². The van der Waals surface area contributed by atoms with Crippen LogP contribution in [0.25, 0.3) is 0 Å². The molecule has 1 unspecified atom stereocenters. The Hall–Kier alpha value is -0.220. The molecule has 0 N–H and O–H groups in total. The third kappa shape index (κ3) is 4.34. The summed E-state index contributed by atoms with van der Waals surface area (Å²) in [5.41, 5.74) is 0. The smallest absolute Gasteiger partial charge is 0.324 e. The monoisotopic (exact) mass is 245 g/mol. The molecule has 0 radical (unpaired) electrons. The van der Waals surface area contributed by atoms with Crippen molar-refractivity contribution in [1.82, 2.24) is 4.90 Å². The Bertz CT molecular complexity index is 211. The molecule has 94 valence electrons. The molecule has 0 amide bonds. The lowest BCUT2D eigenvalue weighted by molar-refractivity contribution is -0.147. The Morgan fingerprint density at radius 3 is 2.88 bits per heavy atom. The normalized spacial score (nSPS) is 21.2. The van der Waals surface area contributed by atoms with E-state index in [1.807, 2.05) is 18.7 Å². The van der Waals surface area contributed by atoms with Gasteiger partial charge in [-0.2, -0.15) is 0 Å². The van der Waals surface area contributed by atoms with E-state index in [4.69, 9.17) is 4.74 Å². The standard InChI is InChI=1S/C12H23NO2S/c1-3-5-6-7-8-13-10-16-9-11(13)12(14)15-4-2/h11H,3-10H2,1-2H3. The maximum atomic E-state index is 11.7. The summed E-state index contributed by atoms with van der Waals surface area (Å²) in [7, 11) is 0. The fraction of sp³-hybridized carbons (Fsp3) is 0.917. The van der Waals surface area contributed by atoms with Gasteiger partial charge < -0.3 is 4.74 Å². The molecule has 0 saturated carbocycles. The largest absolute Gasteiger partial charge is 0.465 e.